The van der Waals surface area contributed by atoms with Gasteiger partial charge in [-0.2, -0.15) is 0 Å². The highest BCUT2D eigenvalue weighted by Gasteiger charge is 2.47. The molecule has 0 aromatic rings. The van der Waals surface area contributed by atoms with Crippen molar-refractivity contribution in [1.29, 1.82) is 0 Å². The molecule has 0 aromatic carbocycles. The highest BCUT2D eigenvalue weighted by Crippen LogP contribution is 2.39. The molecule has 124 valence electrons. The number of rotatable bonds is 2. The summed E-state index contributed by atoms with van der Waals surface area (Å²) >= 11 is 0. The second-order valence-corrected chi connectivity index (χ2v) is 7.28. The smallest absolute Gasteiger partial charge is 0.245 e. The van der Waals surface area contributed by atoms with Crippen molar-refractivity contribution in [2.24, 2.45) is 5.41 Å². The fraction of sp³-hybridized carbons (Fsp3) is 0.875. The third-order valence-electron chi connectivity index (χ3n) is 5.66. The second kappa shape index (κ2) is 5.81. The Kier molecular flexibility index (Phi) is 4.16. The van der Waals surface area contributed by atoms with Crippen LogP contribution in [0.3, 0.4) is 0 Å². The maximum absolute atomic E-state index is 12.9. The minimum Gasteiger partial charge on any atom is -0.380 e. The first-order valence-corrected chi connectivity index (χ1v) is 8.21. The first kappa shape index (κ1) is 15.7. The topological polar surface area (TPSA) is 53.1 Å². The maximum atomic E-state index is 12.9. The Morgan fingerprint density at radius 2 is 1.91 bits per heavy atom. The standard InChI is InChI=1S/C16H27N3O3/c1-12(20)19-9-13(22-3)8-14(19)15(21)18-7-5-16(11-18)4-6-17(2)10-16/h13-14H,4-11H2,1-3H3/t13-,14+,16?/m0/s1. The molecule has 3 aliphatic rings. The number of carbonyl (C=O) groups is 2. The van der Waals surface area contributed by atoms with Gasteiger partial charge in [0.25, 0.3) is 0 Å². The van der Waals surface area contributed by atoms with E-state index < -0.39 is 0 Å². The zero-order valence-electron chi connectivity index (χ0n) is 13.9. The number of hydrogen-bond acceptors (Lipinski definition) is 4. The Balaban J connectivity index is 1.67. The van der Waals surface area contributed by atoms with Crippen molar-refractivity contribution in [2.45, 2.75) is 38.3 Å². The van der Waals surface area contributed by atoms with Crippen LogP contribution in [0, 0.1) is 5.41 Å². The van der Waals surface area contributed by atoms with Crippen molar-refractivity contribution in [3.63, 3.8) is 0 Å². The van der Waals surface area contributed by atoms with Gasteiger partial charge in [-0.3, -0.25) is 9.59 Å². The lowest BCUT2D eigenvalue weighted by atomic mass is 9.86. The zero-order valence-corrected chi connectivity index (χ0v) is 13.9. The maximum Gasteiger partial charge on any atom is 0.245 e. The van der Waals surface area contributed by atoms with Crippen LogP contribution in [-0.4, -0.2) is 85.5 Å². The number of methoxy groups -OCH3 is 1. The summed E-state index contributed by atoms with van der Waals surface area (Å²) in [7, 11) is 3.80. The predicted octanol–water partition coefficient (Wildman–Crippen LogP) is 0.176. The van der Waals surface area contributed by atoms with Crippen LogP contribution in [0.25, 0.3) is 0 Å². The van der Waals surface area contributed by atoms with Crippen LogP contribution in [-0.2, 0) is 14.3 Å². The van der Waals surface area contributed by atoms with E-state index in [1.807, 2.05) is 4.90 Å². The molecule has 3 aliphatic heterocycles. The molecule has 1 unspecified atom stereocenters. The zero-order chi connectivity index (χ0) is 15.9. The van der Waals surface area contributed by atoms with Crippen LogP contribution >= 0.6 is 0 Å². The van der Waals surface area contributed by atoms with E-state index in [1.165, 1.54) is 13.3 Å². The minimum atomic E-state index is -0.336. The molecule has 2 amide bonds. The first-order chi connectivity index (χ1) is 10.4. The van der Waals surface area contributed by atoms with Gasteiger partial charge in [0, 0.05) is 52.0 Å². The molecule has 1 spiro atoms. The lowest BCUT2D eigenvalue weighted by molar-refractivity contribution is -0.142. The summed E-state index contributed by atoms with van der Waals surface area (Å²) in [5, 5.41) is 0. The molecule has 0 bridgehead atoms. The van der Waals surface area contributed by atoms with Crippen molar-refractivity contribution in [2.75, 3.05) is 46.9 Å². The molecular weight excluding hydrogens is 282 g/mol. The Hall–Kier alpha value is -1.14. The summed E-state index contributed by atoms with van der Waals surface area (Å²) in [4.78, 5) is 30.8. The SMILES string of the molecule is CO[C@H]1C[C@H](C(=O)N2CCC3(CCN(C)C3)C2)N(C(C)=O)C1. The summed E-state index contributed by atoms with van der Waals surface area (Å²) in [6, 6.07) is -0.336. The van der Waals surface area contributed by atoms with Gasteiger partial charge in [0.1, 0.15) is 6.04 Å². The lowest BCUT2D eigenvalue weighted by Crippen LogP contribution is -2.47. The fourth-order valence-corrected chi connectivity index (χ4v) is 4.38. The Morgan fingerprint density at radius 3 is 2.50 bits per heavy atom. The van der Waals surface area contributed by atoms with Crippen molar-refractivity contribution >= 4 is 11.8 Å². The van der Waals surface area contributed by atoms with Gasteiger partial charge in [0.15, 0.2) is 0 Å². The Labute approximate surface area is 132 Å². The van der Waals surface area contributed by atoms with E-state index in [2.05, 4.69) is 11.9 Å². The van der Waals surface area contributed by atoms with Gasteiger partial charge >= 0.3 is 0 Å². The van der Waals surface area contributed by atoms with Crippen molar-refractivity contribution < 1.29 is 14.3 Å². The largest absolute Gasteiger partial charge is 0.380 e. The third kappa shape index (κ3) is 2.74. The summed E-state index contributed by atoms with van der Waals surface area (Å²) < 4.78 is 5.37. The highest BCUT2D eigenvalue weighted by atomic mass is 16.5. The quantitative estimate of drug-likeness (QED) is 0.730. The number of carbonyl (C=O) groups excluding carboxylic acids is 2. The van der Waals surface area contributed by atoms with E-state index in [0.717, 1.165) is 32.6 Å². The molecule has 3 rings (SSSR count). The van der Waals surface area contributed by atoms with Gasteiger partial charge in [0.05, 0.1) is 6.10 Å². The average Bonchev–Trinajstić information content (AvgIpc) is 3.18. The molecule has 6 nitrogen and oxygen atoms in total. The molecule has 3 fully saturated rings. The Morgan fingerprint density at radius 1 is 1.18 bits per heavy atom. The van der Waals surface area contributed by atoms with Gasteiger partial charge in [-0.15, -0.1) is 0 Å². The number of likely N-dealkylation sites (tertiary alicyclic amines) is 3. The van der Waals surface area contributed by atoms with Crippen LogP contribution in [0.5, 0.6) is 0 Å². The number of ether oxygens (including phenoxy) is 1. The first-order valence-electron chi connectivity index (χ1n) is 8.21. The van der Waals surface area contributed by atoms with E-state index >= 15 is 0 Å². The van der Waals surface area contributed by atoms with Crippen molar-refractivity contribution in [3.05, 3.63) is 0 Å². The minimum absolute atomic E-state index is 0.0213. The number of amides is 2. The van der Waals surface area contributed by atoms with Crippen LogP contribution in [0.2, 0.25) is 0 Å². The monoisotopic (exact) mass is 309 g/mol. The molecule has 6 heteroatoms. The molecule has 3 saturated heterocycles. The number of hydrogen-bond donors (Lipinski definition) is 0. The summed E-state index contributed by atoms with van der Waals surface area (Å²) in [5.41, 5.74) is 0.282. The van der Waals surface area contributed by atoms with E-state index in [0.29, 0.717) is 13.0 Å². The van der Waals surface area contributed by atoms with Crippen molar-refractivity contribution in [3.8, 4) is 0 Å². The van der Waals surface area contributed by atoms with Crippen LogP contribution in [0.4, 0.5) is 0 Å². The van der Waals surface area contributed by atoms with Gasteiger partial charge in [-0.05, 0) is 26.4 Å². The summed E-state index contributed by atoms with van der Waals surface area (Å²) in [5.74, 6) is 0.0774. The fourth-order valence-electron chi connectivity index (χ4n) is 4.38. The molecule has 3 heterocycles. The number of nitrogens with zero attached hydrogens (tertiary/aromatic N) is 3. The highest BCUT2D eigenvalue weighted by molar-refractivity contribution is 5.88. The van der Waals surface area contributed by atoms with Gasteiger partial charge < -0.3 is 19.4 Å². The molecule has 0 saturated carbocycles. The molecule has 0 radical (unpaired) electrons. The third-order valence-corrected chi connectivity index (χ3v) is 5.66. The van der Waals surface area contributed by atoms with E-state index in [1.54, 1.807) is 12.0 Å². The van der Waals surface area contributed by atoms with Crippen LogP contribution in [0.15, 0.2) is 0 Å². The molecule has 0 N–H and O–H groups in total. The normalized spacial score (nSPS) is 35.8. The predicted molar refractivity (Wildman–Crippen MR) is 82.3 cm³/mol. The van der Waals surface area contributed by atoms with Crippen LogP contribution < -0.4 is 0 Å². The van der Waals surface area contributed by atoms with Gasteiger partial charge in [0.2, 0.25) is 11.8 Å². The molecular formula is C16H27N3O3. The van der Waals surface area contributed by atoms with Crippen molar-refractivity contribution in [1.82, 2.24) is 14.7 Å². The van der Waals surface area contributed by atoms with E-state index in [9.17, 15) is 9.59 Å². The second-order valence-electron chi connectivity index (χ2n) is 7.28. The van der Waals surface area contributed by atoms with Crippen LogP contribution in [0.1, 0.15) is 26.2 Å². The van der Waals surface area contributed by atoms with Gasteiger partial charge in [-0.1, -0.05) is 0 Å². The average molecular weight is 309 g/mol. The van der Waals surface area contributed by atoms with E-state index in [4.69, 9.17) is 4.74 Å². The van der Waals surface area contributed by atoms with E-state index in [-0.39, 0.29) is 29.4 Å². The molecule has 0 aliphatic carbocycles. The molecule has 3 atom stereocenters. The molecule has 22 heavy (non-hydrogen) atoms. The summed E-state index contributed by atoms with van der Waals surface area (Å²) in [6.45, 7) is 5.94. The lowest BCUT2D eigenvalue weighted by Gasteiger charge is -2.28. The van der Waals surface area contributed by atoms with Gasteiger partial charge in [-0.25, -0.2) is 0 Å². The Bertz CT molecular complexity index is 470. The molecule has 0 aromatic heterocycles. The summed E-state index contributed by atoms with van der Waals surface area (Å²) in [6.07, 6.45) is 2.86.